The number of methoxy groups -OCH3 is 1. The van der Waals surface area contributed by atoms with E-state index in [-0.39, 0.29) is 12.2 Å². The van der Waals surface area contributed by atoms with Crippen LogP contribution in [0.2, 0.25) is 0 Å². The molecule has 3 aromatic rings. The van der Waals surface area contributed by atoms with E-state index in [9.17, 15) is 14.3 Å². The quantitative estimate of drug-likeness (QED) is 0.772. The van der Waals surface area contributed by atoms with Crippen LogP contribution in [0, 0.1) is 12.7 Å². The number of ether oxygens (including phenoxy) is 1. The van der Waals surface area contributed by atoms with Crippen LogP contribution in [0.3, 0.4) is 0 Å². The summed E-state index contributed by atoms with van der Waals surface area (Å²) in [6.45, 7) is 2.46. The molecule has 0 aliphatic carbocycles. The highest BCUT2D eigenvalue weighted by molar-refractivity contribution is 7.09. The monoisotopic (exact) mass is 333 g/mol. The second-order valence-electron chi connectivity index (χ2n) is 5.30. The Hall–Kier alpha value is -2.34. The molecule has 4 nitrogen and oxygen atoms in total. The lowest BCUT2D eigenvalue weighted by atomic mass is 10.1. The number of aromatic nitrogens is 1. The number of hydrogen-bond acceptors (Lipinski definition) is 3. The van der Waals surface area contributed by atoms with Crippen LogP contribution in [0.25, 0.3) is 10.9 Å². The SMILES string of the molecule is COc1cc2c(CC(=O)O)c(C)n(Cc3cccs3)c2cc1F. The lowest BCUT2D eigenvalue weighted by Crippen LogP contribution is -2.04. The molecule has 0 aliphatic heterocycles. The molecule has 1 N–H and O–H groups in total. The standard InChI is InChI=1S/C17H16FNO3S/c1-10-12(7-17(20)21)13-6-16(22-2)14(18)8-15(13)19(10)9-11-4-3-5-23-11/h3-6,8H,7,9H2,1-2H3,(H,20,21). The van der Waals surface area contributed by atoms with E-state index in [1.807, 2.05) is 29.0 Å². The van der Waals surface area contributed by atoms with Crippen molar-refractivity contribution in [3.63, 3.8) is 0 Å². The van der Waals surface area contributed by atoms with Crippen LogP contribution >= 0.6 is 11.3 Å². The van der Waals surface area contributed by atoms with Gasteiger partial charge in [0.2, 0.25) is 0 Å². The van der Waals surface area contributed by atoms with Gasteiger partial charge in [-0.2, -0.15) is 0 Å². The van der Waals surface area contributed by atoms with Gasteiger partial charge < -0.3 is 14.4 Å². The molecule has 6 heteroatoms. The first-order valence-electron chi connectivity index (χ1n) is 7.10. The minimum Gasteiger partial charge on any atom is -0.494 e. The predicted octanol–water partition coefficient (Wildman–Crippen LogP) is 3.83. The molecule has 3 rings (SSSR count). The van der Waals surface area contributed by atoms with Gasteiger partial charge in [-0.1, -0.05) is 6.07 Å². The molecule has 0 bridgehead atoms. The number of fused-ring (bicyclic) bond motifs is 1. The number of benzene rings is 1. The van der Waals surface area contributed by atoms with Crippen LogP contribution in [-0.4, -0.2) is 22.8 Å². The highest BCUT2D eigenvalue weighted by atomic mass is 32.1. The Kier molecular flexibility index (Phi) is 4.09. The van der Waals surface area contributed by atoms with Gasteiger partial charge in [-0.25, -0.2) is 4.39 Å². The Morgan fingerprint density at radius 1 is 1.43 bits per heavy atom. The highest BCUT2D eigenvalue weighted by Gasteiger charge is 2.19. The minimum atomic E-state index is -0.911. The molecule has 0 unspecified atom stereocenters. The Morgan fingerprint density at radius 3 is 2.83 bits per heavy atom. The molecule has 2 heterocycles. The lowest BCUT2D eigenvalue weighted by Gasteiger charge is -2.08. The summed E-state index contributed by atoms with van der Waals surface area (Å²) in [5.74, 6) is -1.24. The number of rotatable bonds is 5. The molecular weight excluding hydrogens is 317 g/mol. The molecule has 0 saturated heterocycles. The summed E-state index contributed by atoms with van der Waals surface area (Å²) in [6, 6.07) is 6.97. The first-order chi connectivity index (χ1) is 11.0. The van der Waals surface area contributed by atoms with Crippen molar-refractivity contribution in [1.82, 2.24) is 4.57 Å². The maximum absolute atomic E-state index is 14.1. The number of thiophene rings is 1. The Bertz CT molecular complexity index is 868. The van der Waals surface area contributed by atoms with Crippen molar-refractivity contribution in [2.24, 2.45) is 0 Å². The van der Waals surface area contributed by atoms with Gasteiger partial charge in [0.1, 0.15) is 0 Å². The summed E-state index contributed by atoms with van der Waals surface area (Å²) < 4.78 is 21.1. The van der Waals surface area contributed by atoms with Crippen molar-refractivity contribution in [3.05, 3.63) is 51.6 Å². The minimum absolute atomic E-state index is 0.103. The van der Waals surface area contributed by atoms with Crippen molar-refractivity contribution >= 4 is 28.2 Å². The fourth-order valence-electron chi connectivity index (χ4n) is 2.84. The van der Waals surface area contributed by atoms with Gasteiger partial charge in [0.05, 0.1) is 25.6 Å². The van der Waals surface area contributed by atoms with E-state index in [0.29, 0.717) is 17.6 Å². The van der Waals surface area contributed by atoms with Gasteiger partial charge >= 0.3 is 5.97 Å². The summed E-state index contributed by atoms with van der Waals surface area (Å²) in [5.41, 5.74) is 2.22. The summed E-state index contributed by atoms with van der Waals surface area (Å²) in [4.78, 5) is 12.3. The summed E-state index contributed by atoms with van der Waals surface area (Å²) >= 11 is 1.61. The summed E-state index contributed by atoms with van der Waals surface area (Å²) in [5, 5.41) is 11.9. The third-order valence-electron chi connectivity index (χ3n) is 3.95. The average molecular weight is 333 g/mol. The van der Waals surface area contributed by atoms with E-state index in [1.54, 1.807) is 17.4 Å². The number of carbonyl (C=O) groups is 1. The Morgan fingerprint density at radius 2 is 2.22 bits per heavy atom. The third kappa shape index (κ3) is 2.82. The van der Waals surface area contributed by atoms with E-state index in [1.165, 1.54) is 13.2 Å². The maximum Gasteiger partial charge on any atom is 0.307 e. The van der Waals surface area contributed by atoms with E-state index >= 15 is 0 Å². The molecule has 23 heavy (non-hydrogen) atoms. The van der Waals surface area contributed by atoms with Crippen molar-refractivity contribution in [2.45, 2.75) is 19.9 Å². The van der Waals surface area contributed by atoms with Crippen LogP contribution in [0.1, 0.15) is 16.1 Å². The first-order valence-corrected chi connectivity index (χ1v) is 7.98. The van der Waals surface area contributed by atoms with Gasteiger partial charge in [-0.05, 0) is 30.0 Å². The van der Waals surface area contributed by atoms with E-state index in [0.717, 1.165) is 16.0 Å². The van der Waals surface area contributed by atoms with Gasteiger partial charge in [0.15, 0.2) is 11.6 Å². The summed E-state index contributed by atoms with van der Waals surface area (Å²) in [6.07, 6.45) is -0.103. The molecule has 2 aromatic heterocycles. The smallest absolute Gasteiger partial charge is 0.307 e. The number of aliphatic carboxylic acids is 1. The second-order valence-corrected chi connectivity index (χ2v) is 6.34. The Labute approximate surface area is 136 Å². The number of hydrogen-bond donors (Lipinski definition) is 1. The molecule has 0 spiro atoms. The fourth-order valence-corrected chi connectivity index (χ4v) is 3.53. The van der Waals surface area contributed by atoms with E-state index in [4.69, 9.17) is 4.74 Å². The number of nitrogens with zero attached hydrogens (tertiary/aromatic N) is 1. The lowest BCUT2D eigenvalue weighted by molar-refractivity contribution is -0.136. The molecular formula is C17H16FNO3S. The van der Waals surface area contributed by atoms with Crippen molar-refractivity contribution in [3.8, 4) is 5.75 Å². The maximum atomic E-state index is 14.1. The molecule has 0 radical (unpaired) electrons. The molecule has 0 saturated carbocycles. The van der Waals surface area contributed by atoms with Crippen LogP contribution in [0.5, 0.6) is 5.75 Å². The van der Waals surface area contributed by atoms with Crippen molar-refractivity contribution < 1.29 is 19.0 Å². The molecule has 0 amide bonds. The molecule has 0 atom stereocenters. The van der Waals surface area contributed by atoms with Crippen LogP contribution in [0.15, 0.2) is 29.6 Å². The number of carboxylic acid groups (broad SMARTS) is 1. The molecule has 120 valence electrons. The van der Waals surface area contributed by atoms with Gasteiger partial charge in [-0.15, -0.1) is 11.3 Å². The van der Waals surface area contributed by atoms with Gasteiger partial charge in [-0.3, -0.25) is 4.79 Å². The Balaban J connectivity index is 2.23. The van der Waals surface area contributed by atoms with Crippen LogP contribution < -0.4 is 4.74 Å². The van der Waals surface area contributed by atoms with Crippen LogP contribution in [0.4, 0.5) is 4.39 Å². The largest absolute Gasteiger partial charge is 0.494 e. The van der Waals surface area contributed by atoms with Gasteiger partial charge in [0, 0.05) is 22.0 Å². The van der Waals surface area contributed by atoms with Gasteiger partial charge in [0.25, 0.3) is 0 Å². The molecule has 0 aliphatic rings. The third-order valence-corrected chi connectivity index (χ3v) is 4.81. The first kappa shape index (κ1) is 15.6. The van der Waals surface area contributed by atoms with E-state index < -0.39 is 11.8 Å². The molecule has 0 fully saturated rings. The normalized spacial score (nSPS) is 11.1. The number of halogens is 1. The zero-order chi connectivity index (χ0) is 16.6. The van der Waals surface area contributed by atoms with Crippen molar-refractivity contribution in [1.29, 1.82) is 0 Å². The molecule has 1 aromatic carbocycles. The van der Waals surface area contributed by atoms with Crippen molar-refractivity contribution in [2.75, 3.05) is 7.11 Å². The zero-order valence-electron chi connectivity index (χ0n) is 12.8. The fraction of sp³-hybridized carbons (Fsp3) is 0.235. The second kappa shape index (κ2) is 6.04. The average Bonchev–Trinajstić information content (AvgIpc) is 3.09. The van der Waals surface area contributed by atoms with Crippen LogP contribution in [-0.2, 0) is 17.8 Å². The highest BCUT2D eigenvalue weighted by Crippen LogP contribution is 2.32. The van der Waals surface area contributed by atoms with E-state index in [2.05, 4.69) is 0 Å². The topological polar surface area (TPSA) is 51.5 Å². The summed E-state index contributed by atoms with van der Waals surface area (Å²) in [7, 11) is 1.40. The predicted molar refractivity (Wildman–Crippen MR) is 87.9 cm³/mol. The zero-order valence-corrected chi connectivity index (χ0v) is 13.6. The number of carboxylic acids is 1.